The van der Waals surface area contributed by atoms with Crippen molar-refractivity contribution in [3.63, 3.8) is 0 Å². The van der Waals surface area contributed by atoms with Crippen molar-refractivity contribution < 1.29 is 4.92 Å². The fourth-order valence-electron chi connectivity index (χ4n) is 2.12. The molecule has 2 aromatic carbocycles. The van der Waals surface area contributed by atoms with Gasteiger partial charge in [-0.1, -0.05) is 30.3 Å². The Bertz CT molecular complexity index is 739. The molecule has 5 heteroatoms. The molecule has 0 bridgehead atoms. The van der Waals surface area contributed by atoms with Crippen molar-refractivity contribution in [2.24, 2.45) is 0 Å². The normalized spacial score (nSPS) is 11.1. The molecule has 0 unspecified atom stereocenters. The predicted molar refractivity (Wildman–Crippen MR) is 76.3 cm³/mol. The SMILES string of the molecule is N#Cc1ccccc1[C@H](C#N)Cc1ccc([N+](=O)[O-])cc1. The molecule has 5 nitrogen and oxygen atoms in total. The van der Waals surface area contributed by atoms with E-state index in [1.807, 2.05) is 0 Å². The van der Waals surface area contributed by atoms with Crippen LogP contribution in [0.5, 0.6) is 0 Å². The second-order valence-corrected chi connectivity index (χ2v) is 4.51. The molecule has 0 radical (unpaired) electrons. The molecule has 0 saturated heterocycles. The predicted octanol–water partition coefficient (Wildman–Crippen LogP) is 3.32. The molecule has 102 valence electrons. The number of hydrogen-bond acceptors (Lipinski definition) is 4. The van der Waals surface area contributed by atoms with Crippen LogP contribution in [0.15, 0.2) is 48.5 Å². The van der Waals surface area contributed by atoms with E-state index < -0.39 is 10.8 Å². The average Bonchev–Trinajstić information content (AvgIpc) is 2.53. The quantitative estimate of drug-likeness (QED) is 0.633. The molecule has 0 fully saturated rings. The standard InChI is InChI=1S/C16H11N3O2/c17-10-13-3-1-2-4-16(13)14(11-18)9-12-5-7-15(8-6-12)19(20)21/h1-8,14H,9H2/t14-/m0/s1. The van der Waals surface area contributed by atoms with Gasteiger partial charge < -0.3 is 0 Å². The van der Waals surface area contributed by atoms with Crippen molar-refractivity contribution in [3.05, 3.63) is 75.3 Å². The molecule has 2 rings (SSSR count). The fraction of sp³-hybridized carbons (Fsp3) is 0.125. The van der Waals surface area contributed by atoms with Gasteiger partial charge in [0.1, 0.15) is 0 Å². The van der Waals surface area contributed by atoms with E-state index in [1.54, 1.807) is 36.4 Å². The Hall–Kier alpha value is -3.18. The van der Waals surface area contributed by atoms with Gasteiger partial charge in [-0.15, -0.1) is 0 Å². The number of nitriles is 2. The summed E-state index contributed by atoms with van der Waals surface area (Å²) >= 11 is 0. The lowest BCUT2D eigenvalue weighted by molar-refractivity contribution is -0.384. The molecule has 0 spiro atoms. The second-order valence-electron chi connectivity index (χ2n) is 4.51. The Morgan fingerprint density at radius 2 is 1.76 bits per heavy atom. The maximum Gasteiger partial charge on any atom is 0.269 e. The molecule has 0 saturated carbocycles. The number of rotatable bonds is 4. The van der Waals surface area contributed by atoms with Gasteiger partial charge in [-0.2, -0.15) is 10.5 Å². The van der Waals surface area contributed by atoms with Crippen LogP contribution in [0.4, 0.5) is 5.69 Å². The van der Waals surface area contributed by atoms with Crippen LogP contribution in [0.3, 0.4) is 0 Å². The highest BCUT2D eigenvalue weighted by molar-refractivity contribution is 5.43. The first-order valence-electron chi connectivity index (χ1n) is 6.27. The minimum absolute atomic E-state index is 0.0182. The molecule has 0 aliphatic heterocycles. The third kappa shape index (κ3) is 3.23. The van der Waals surface area contributed by atoms with Gasteiger partial charge in [-0.05, 0) is 23.6 Å². The highest BCUT2D eigenvalue weighted by Gasteiger charge is 2.15. The molecule has 21 heavy (non-hydrogen) atoms. The van der Waals surface area contributed by atoms with Gasteiger partial charge in [0.25, 0.3) is 5.69 Å². The summed E-state index contributed by atoms with van der Waals surface area (Å²) in [6, 6.07) is 17.4. The van der Waals surface area contributed by atoms with E-state index in [9.17, 15) is 15.4 Å². The Kier molecular flexibility index (Phi) is 4.28. The molecule has 0 heterocycles. The van der Waals surface area contributed by atoms with Gasteiger partial charge in [-0.25, -0.2) is 0 Å². The van der Waals surface area contributed by atoms with E-state index in [-0.39, 0.29) is 5.69 Å². The first kappa shape index (κ1) is 14.2. The number of nitro benzene ring substituents is 1. The van der Waals surface area contributed by atoms with Gasteiger partial charge in [0, 0.05) is 12.1 Å². The van der Waals surface area contributed by atoms with E-state index >= 15 is 0 Å². The van der Waals surface area contributed by atoms with Crippen LogP contribution in [0.25, 0.3) is 0 Å². The zero-order valence-corrected chi connectivity index (χ0v) is 11.1. The topological polar surface area (TPSA) is 90.7 Å². The monoisotopic (exact) mass is 277 g/mol. The van der Waals surface area contributed by atoms with E-state index in [4.69, 9.17) is 5.26 Å². The van der Waals surface area contributed by atoms with Gasteiger partial charge in [0.15, 0.2) is 0 Å². The van der Waals surface area contributed by atoms with Crippen LogP contribution in [0.2, 0.25) is 0 Å². The van der Waals surface area contributed by atoms with Crippen LogP contribution in [-0.2, 0) is 6.42 Å². The van der Waals surface area contributed by atoms with Crippen molar-refractivity contribution >= 4 is 5.69 Å². The van der Waals surface area contributed by atoms with E-state index in [0.29, 0.717) is 17.5 Å². The lowest BCUT2D eigenvalue weighted by Gasteiger charge is -2.11. The van der Waals surface area contributed by atoms with Crippen molar-refractivity contribution in [3.8, 4) is 12.1 Å². The number of nitro groups is 1. The maximum atomic E-state index is 10.6. The Balaban J connectivity index is 2.26. The van der Waals surface area contributed by atoms with Crippen LogP contribution in [0, 0.1) is 32.8 Å². The highest BCUT2D eigenvalue weighted by atomic mass is 16.6. The third-order valence-electron chi connectivity index (χ3n) is 3.20. The molecule has 0 amide bonds. The Morgan fingerprint density at radius 1 is 1.10 bits per heavy atom. The summed E-state index contributed by atoms with van der Waals surface area (Å²) in [7, 11) is 0. The molecule has 1 atom stereocenters. The maximum absolute atomic E-state index is 10.6. The van der Waals surface area contributed by atoms with Crippen molar-refractivity contribution in [1.82, 2.24) is 0 Å². The highest BCUT2D eigenvalue weighted by Crippen LogP contribution is 2.24. The molecule has 0 aromatic heterocycles. The number of benzene rings is 2. The summed E-state index contributed by atoms with van der Waals surface area (Å²) in [5, 5.41) is 29.0. The van der Waals surface area contributed by atoms with E-state index in [0.717, 1.165) is 5.56 Å². The molecule has 0 aliphatic rings. The summed E-state index contributed by atoms with van der Waals surface area (Å²) in [5.41, 5.74) is 2.00. The summed E-state index contributed by atoms with van der Waals surface area (Å²) in [4.78, 5) is 10.2. The molecular weight excluding hydrogens is 266 g/mol. The van der Waals surface area contributed by atoms with Crippen molar-refractivity contribution in [1.29, 1.82) is 10.5 Å². The molecular formula is C16H11N3O2. The second kappa shape index (κ2) is 6.31. The number of hydrogen-bond donors (Lipinski definition) is 0. The minimum Gasteiger partial charge on any atom is -0.258 e. The minimum atomic E-state index is -0.462. The van der Waals surface area contributed by atoms with Gasteiger partial charge in [-0.3, -0.25) is 10.1 Å². The lowest BCUT2D eigenvalue weighted by atomic mass is 9.90. The smallest absolute Gasteiger partial charge is 0.258 e. The summed E-state index contributed by atoms with van der Waals surface area (Å²) < 4.78 is 0. The number of nitrogens with zero attached hydrogens (tertiary/aromatic N) is 3. The number of non-ortho nitro benzene ring substituents is 1. The third-order valence-corrected chi connectivity index (χ3v) is 3.20. The summed E-state index contributed by atoms with van der Waals surface area (Å²) in [6.07, 6.45) is 0.410. The average molecular weight is 277 g/mol. The van der Waals surface area contributed by atoms with Crippen molar-refractivity contribution in [2.45, 2.75) is 12.3 Å². The van der Waals surface area contributed by atoms with E-state index in [2.05, 4.69) is 12.1 Å². The van der Waals surface area contributed by atoms with Crippen LogP contribution < -0.4 is 0 Å². The molecule has 0 N–H and O–H groups in total. The van der Waals surface area contributed by atoms with Gasteiger partial charge >= 0.3 is 0 Å². The van der Waals surface area contributed by atoms with Crippen molar-refractivity contribution in [2.75, 3.05) is 0 Å². The van der Waals surface area contributed by atoms with Crippen LogP contribution in [0.1, 0.15) is 22.6 Å². The fourth-order valence-corrected chi connectivity index (χ4v) is 2.12. The van der Waals surface area contributed by atoms with Gasteiger partial charge in [0.05, 0.1) is 28.5 Å². The molecule has 0 aliphatic carbocycles. The first-order chi connectivity index (χ1) is 10.2. The van der Waals surface area contributed by atoms with Gasteiger partial charge in [0.2, 0.25) is 0 Å². The zero-order valence-electron chi connectivity index (χ0n) is 11.1. The summed E-state index contributed by atoms with van der Waals surface area (Å²) in [6.45, 7) is 0. The lowest BCUT2D eigenvalue weighted by Crippen LogP contribution is -2.03. The molecule has 2 aromatic rings. The first-order valence-corrected chi connectivity index (χ1v) is 6.27. The largest absolute Gasteiger partial charge is 0.269 e. The van der Waals surface area contributed by atoms with E-state index in [1.165, 1.54) is 12.1 Å². The van der Waals surface area contributed by atoms with Crippen LogP contribution in [-0.4, -0.2) is 4.92 Å². The zero-order chi connectivity index (χ0) is 15.2. The summed E-state index contributed by atoms with van der Waals surface area (Å²) in [5.74, 6) is -0.456. The Labute approximate surface area is 121 Å². The Morgan fingerprint density at radius 3 is 2.33 bits per heavy atom. The van der Waals surface area contributed by atoms with Crippen LogP contribution >= 0.6 is 0 Å².